The molecule has 1 atom stereocenters. The van der Waals surface area contributed by atoms with Gasteiger partial charge in [-0.25, -0.2) is 4.79 Å². The molecule has 0 radical (unpaired) electrons. The molecule has 1 aliphatic heterocycles. The Balaban J connectivity index is 1.47. The van der Waals surface area contributed by atoms with Gasteiger partial charge < -0.3 is 15.0 Å². The summed E-state index contributed by atoms with van der Waals surface area (Å²) in [6.45, 7) is 10.9. The fourth-order valence-electron chi connectivity index (χ4n) is 4.08. The van der Waals surface area contributed by atoms with Crippen LogP contribution in [-0.4, -0.2) is 66.4 Å². The molecule has 2 amide bonds. The minimum atomic E-state index is -0.828. The lowest BCUT2D eigenvalue weighted by Gasteiger charge is -2.34. The molecule has 0 spiro atoms. The zero-order valence-electron chi connectivity index (χ0n) is 20.5. The number of esters is 1. The van der Waals surface area contributed by atoms with Crippen LogP contribution in [0.4, 0.5) is 0 Å². The molecule has 2 aromatic rings. The van der Waals surface area contributed by atoms with E-state index in [0.29, 0.717) is 18.7 Å². The van der Waals surface area contributed by atoms with Gasteiger partial charge in [0, 0.05) is 38.3 Å². The van der Waals surface area contributed by atoms with Gasteiger partial charge in [0.2, 0.25) is 0 Å². The highest BCUT2D eigenvalue weighted by Gasteiger charge is 2.28. The second-order valence-electron chi connectivity index (χ2n) is 9.26. The van der Waals surface area contributed by atoms with Gasteiger partial charge in [-0.05, 0) is 37.0 Å². The van der Waals surface area contributed by atoms with Crippen LogP contribution in [0.2, 0.25) is 0 Å². The van der Waals surface area contributed by atoms with Gasteiger partial charge in [0.1, 0.15) is 6.04 Å². The van der Waals surface area contributed by atoms with E-state index >= 15 is 0 Å². The predicted octanol–water partition coefficient (Wildman–Crippen LogP) is 2.95. The van der Waals surface area contributed by atoms with Gasteiger partial charge in [0.05, 0.1) is 0 Å². The molecule has 182 valence electrons. The number of rotatable bonds is 8. The van der Waals surface area contributed by atoms with E-state index in [0.717, 1.165) is 25.2 Å². The zero-order valence-corrected chi connectivity index (χ0v) is 20.5. The number of nitrogens with zero attached hydrogens (tertiary/aromatic N) is 2. The molecule has 1 heterocycles. The molecule has 7 heteroatoms. The fourth-order valence-corrected chi connectivity index (χ4v) is 4.08. The lowest BCUT2D eigenvalue weighted by molar-refractivity contribution is -0.155. The summed E-state index contributed by atoms with van der Waals surface area (Å²) in [4.78, 5) is 42.0. The summed E-state index contributed by atoms with van der Waals surface area (Å²) in [7, 11) is 0. The second kappa shape index (κ2) is 11.8. The van der Waals surface area contributed by atoms with Crippen LogP contribution in [0.5, 0.6) is 0 Å². The third kappa shape index (κ3) is 6.90. The quantitative estimate of drug-likeness (QED) is 0.607. The Kier molecular flexibility index (Phi) is 8.82. The van der Waals surface area contributed by atoms with Gasteiger partial charge in [-0.1, -0.05) is 61.9 Å². The number of carbonyl (C=O) groups excluding carboxylic acids is 3. The van der Waals surface area contributed by atoms with Gasteiger partial charge in [-0.15, -0.1) is 0 Å². The number of hydrogen-bond donors (Lipinski definition) is 1. The average Bonchev–Trinajstić information content (AvgIpc) is 2.81. The Bertz CT molecular complexity index is 1010. The van der Waals surface area contributed by atoms with Crippen molar-refractivity contribution in [1.29, 1.82) is 0 Å². The first-order chi connectivity index (χ1) is 16.2. The second-order valence-corrected chi connectivity index (χ2v) is 9.26. The predicted molar refractivity (Wildman–Crippen MR) is 131 cm³/mol. The first kappa shape index (κ1) is 25.4. The molecule has 0 saturated carbocycles. The Labute approximate surface area is 202 Å². The molecule has 0 unspecified atom stereocenters. The molecule has 0 bridgehead atoms. The minimum absolute atomic E-state index is 0.180. The standard InChI is InChI=1S/C27H35N3O4/c1-19(2)25(28-26(32)23-11-6-5-9-21(23)4)27(33)34-18-24(31)30-14-12-29(13-15-30)17-22-10-7-8-20(3)16-22/h5-11,16,19,25H,12-15,17-18H2,1-4H3,(H,28,32)/t25-/m0/s1. The van der Waals surface area contributed by atoms with Gasteiger partial charge in [-0.3, -0.25) is 14.5 Å². The van der Waals surface area contributed by atoms with E-state index in [2.05, 4.69) is 41.4 Å². The molecule has 1 fully saturated rings. The Morgan fingerprint density at radius 1 is 0.971 bits per heavy atom. The highest BCUT2D eigenvalue weighted by atomic mass is 16.5. The van der Waals surface area contributed by atoms with Crippen molar-refractivity contribution in [2.75, 3.05) is 32.8 Å². The number of nitrogens with one attached hydrogen (secondary N) is 1. The van der Waals surface area contributed by atoms with Crippen molar-refractivity contribution in [3.8, 4) is 0 Å². The summed E-state index contributed by atoms with van der Waals surface area (Å²) in [6.07, 6.45) is 0. The van der Waals surface area contributed by atoms with Crippen molar-refractivity contribution in [2.24, 2.45) is 5.92 Å². The molecule has 2 aromatic carbocycles. The highest BCUT2D eigenvalue weighted by molar-refractivity contribution is 5.98. The van der Waals surface area contributed by atoms with Gasteiger partial charge in [0.25, 0.3) is 11.8 Å². The van der Waals surface area contributed by atoms with Gasteiger partial charge in [0.15, 0.2) is 6.61 Å². The number of hydrogen-bond acceptors (Lipinski definition) is 5. The lowest BCUT2D eigenvalue weighted by atomic mass is 10.0. The maximum atomic E-state index is 12.7. The van der Waals surface area contributed by atoms with E-state index in [9.17, 15) is 14.4 Å². The third-order valence-corrected chi connectivity index (χ3v) is 6.15. The zero-order chi connectivity index (χ0) is 24.7. The smallest absolute Gasteiger partial charge is 0.329 e. The summed E-state index contributed by atoms with van der Waals surface area (Å²) in [5.41, 5.74) is 3.84. The van der Waals surface area contributed by atoms with Gasteiger partial charge >= 0.3 is 5.97 Å². The largest absolute Gasteiger partial charge is 0.454 e. The maximum absolute atomic E-state index is 12.7. The van der Waals surface area contributed by atoms with Crippen molar-refractivity contribution in [3.63, 3.8) is 0 Å². The molecular formula is C27H35N3O4. The van der Waals surface area contributed by atoms with Crippen molar-refractivity contribution < 1.29 is 19.1 Å². The van der Waals surface area contributed by atoms with Gasteiger partial charge in [-0.2, -0.15) is 0 Å². The van der Waals surface area contributed by atoms with E-state index in [1.807, 2.05) is 32.9 Å². The van der Waals surface area contributed by atoms with Crippen molar-refractivity contribution in [3.05, 3.63) is 70.8 Å². The van der Waals surface area contributed by atoms with Crippen LogP contribution in [0, 0.1) is 19.8 Å². The van der Waals surface area contributed by atoms with Crippen LogP contribution >= 0.6 is 0 Å². The van der Waals surface area contributed by atoms with Crippen LogP contribution in [0.25, 0.3) is 0 Å². The molecular weight excluding hydrogens is 430 g/mol. The summed E-state index contributed by atoms with van der Waals surface area (Å²) < 4.78 is 5.32. The number of amides is 2. The monoisotopic (exact) mass is 465 g/mol. The topological polar surface area (TPSA) is 79.0 Å². The SMILES string of the molecule is Cc1cccc(CN2CCN(C(=O)COC(=O)[C@@H](NC(=O)c3ccccc3C)C(C)C)CC2)c1. The van der Waals surface area contributed by atoms with E-state index < -0.39 is 12.0 Å². The average molecular weight is 466 g/mol. The highest BCUT2D eigenvalue weighted by Crippen LogP contribution is 2.12. The first-order valence-corrected chi connectivity index (χ1v) is 11.8. The van der Waals surface area contributed by atoms with E-state index in [4.69, 9.17) is 4.74 Å². The number of aryl methyl sites for hydroxylation is 2. The molecule has 3 rings (SSSR count). The molecule has 1 aliphatic rings. The Hall–Kier alpha value is -3.19. The van der Waals surface area contributed by atoms with Crippen LogP contribution in [-0.2, 0) is 20.9 Å². The first-order valence-electron chi connectivity index (χ1n) is 11.8. The normalized spacial score (nSPS) is 15.1. The van der Waals surface area contributed by atoms with E-state index in [1.165, 1.54) is 11.1 Å². The summed E-state index contributed by atoms with van der Waals surface area (Å²) in [5, 5.41) is 2.76. The number of ether oxygens (including phenoxy) is 1. The van der Waals surface area contributed by atoms with Crippen LogP contribution in [0.3, 0.4) is 0 Å². The minimum Gasteiger partial charge on any atom is -0.454 e. The van der Waals surface area contributed by atoms with E-state index in [1.54, 1.807) is 17.0 Å². The third-order valence-electron chi connectivity index (χ3n) is 6.15. The van der Waals surface area contributed by atoms with Crippen molar-refractivity contribution in [2.45, 2.75) is 40.3 Å². The molecule has 0 aromatic heterocycles. The lowest BCUT2D eigenvalue weighted by Crippen LogP contribution is -2.50. The fraction of sp³-hybridized carbons (Fsp3) is 0.444. The number of piperazine rings is 1. The van der Waals surface area contributed by atoms with Crippen molar-refractivity contribution >= 4 is 17.8 Å². The molecule has 34 heavy (non-hydrogen) atoms. The molecule has 1 saturated heterocycles. The Morgan fingerprint density at radius 3 is 2.32 bits per heavy atom. The van der Waals surface area contributed by atoms with Crippen LogP contribution in [0.1, 0.15) is 40.9 Å². The number of carbonyl (C=O) groups is 3. The van der Waals surface area contributed by atoms with Crippen LogP contribution < -0.4 is 5.32 Å². The van der Waals surface area contributed by atoms with E-state index in [-0.39, 0.29) is 24.3 Å². The Morgan fingerprint density at radius 2 is 1.68 bits per heavy atom. The van der Waals surface area contributed by atoms with Crippen molar-refractivity contribution in [1.82, 2.24) is 15.1 Å². The summed E-state index contributed by atoms with van der Waals surface area (Å²) in [6, 6.07) is 14.8. The number of benzene rings is 2. The van der Waals surface area contributed by atoms with Crippen LogP contribution in [0.15, 0.2) is 48.5 Å². The summed E-state index contributed by atoms with van der Waals surface area (Å²) in [5.74, 6) is -1.31. The maximum Gasteiger partial charge on any atom is 0.329 e. The molecule has 1 N–H and O–H groups in total. The molecule has 7 nitrogen and oxygen atoms in total. The molecule has 0 aliphatic carbocycles. The summed E-state index contributed by atoms with van der Waals surface area (Å²) >= 11 is 0.